The summed E-state index contributed by atoms with van der Waals surface area (Å²) in [4.78, 5) is 4.54. The van der Waals surface area contributed by atoms with Crippen molar-refractivity contribution >= 4 is 27.8 Å². The van der Waals surface area contributed by atoms with Crippen LogP contribution in [0.15, 0.2) is 41.8 Å². The van der Waals surface area contributed by atoms with Crippen molar-refractivity contribution in [1.82, 2.24) is 4.98 Å². The molecule has 5 nitrogen and oxygen atoms in total. The van der Waals surface area contributed by atoms with Crippen molar-refractivity contribution in [3.05, 3.63) is 47.3 Å². The molecule has 2 N–H and O–H groups in total. The predicted molar refractivity (Wildman–Crippen MR) is 121 cm³/mol. The Bertz CT molecular complexity index is 1070. The molecule has 32 heavy (non-hydrogen) atoms. The van der Waals surface area contributed by atoms with Crippen LogP contribution in [0.3, 0.4) is 0 Å². The molecule has 3 aromatic rings. The van der Waals surface area contributed by atoms with Crippen LogP contribution in [0.5, 0.6) is 11.5 Å². The molecule has 0 aliphatic carbocycles. The second-order valence-corrected chi connectivity index (χ2v) is 8.27. The number of ether oxygens (including phenoxy) is 2. The SMILES string of the molecule is CCCCCOc1ccc(Nc2nc(-c3ccc4c(c3)NCCO4)cs2)cc1C(F)(F)F. The fourth-order valence-corrected chi connectivity index (χ4v) is 4.12. The molecule has 0 unspecified atom stereocenters. The molecule has 0 saturated heterocycles. The number of thiazole rings is 1. The first kappa shape index (κ1) is 22.3. The largest absolute Gasteiger partial charge is 0.493 e. The minimum atomic E-state index is -4.51. The first-order valence-corrected chi connectivity index (χ1v) is 11.4. The molecule has 2 heterocycles. The number of hydrogen-bond donors (Lipinski definition) is 2. The normalized spacial score (nSPS) is 13.1. The van der Waals surface area contributed by atoms with Gasteiger partial charge in [0.15, 0.2) is 5.13 Å². The van der Waals surface area contributed by atoms with Gasteiger partial charge in [-0.3, -0.25) is 0 Å². The zero-order chi connectivity index (χ0) is 22.6. The van der Waals surface area contributed by atoms with Crippen molar-refractivity contribution in [2.75, 3.05) is 30.4 Å². The fraction of sp³-hybridized carbons (Fsp3) is 0.348. The van der Waals surface area contributed by atoms with Gasteiger partial charge in [0.1, 0.15) is 18.1 Å². The van der Waals surface area contributed by atoms with Gasteiger partial charge in [0.05, 0.1) is 23.6 Å². The van der Waals surface area contributed by atoms with Crippen molar-refractivity contribution in [2.45, 2.75) is 32.4 Å². The third kappa shape index (κ3) is 5.27. The van der Waals surface area contributed by atoms with E-state index in [0.717, 1.165) is 54.6 Å². The van der Waals surface area contributed by atoms with E-state index in [9.17, 15) is 13.2 Å². The molecule has 0 atom stereocenters. The molecule has 0 fully saturated rings. The van der Waals surface area contributed by atoms with Gasteiger partial charge in [-0.05, 0) is 42.8 Å². The van der Waals surface area contributed by atoms with Crippen molar-refractivity contribution in [1.29, 1.82) is 0 Å². The molecule has 4 rings (SSSR count). The quantitative estimate of drug-likeness (QED) is 0.354. The van der Waals surface area contributed by atoms with E-state index in [-0.39, 0.29) is 12.4 Å². The van der Waals surface area contributed by atoms with Gasteiger partial charge < -0.3 is 20.1 Å². The molecule has 0 radical (unpaired) electrons. The maximum Gasteiger partial charge on any atom is 0.420 e. The lowest BCUT2D eigenvalue weighted by Crippen LogP contribution is -2.17. The van der Waals surface area contributed by atoms with Gasteiger partial charge in [-0.25, -0.2) is 4.98 Å². The smallest absolute Gasteiger partial charge is 0.420 e. The number of aromatic nitrogens is 1. The van der Waals surface area contributed by atoms with Gasteiger partial charge in [-0.2, -0.15) is 13.2 Å². The summed E-state index contributed by atoms with van der Waals surface area (Å²) in [6.07, 6.45) is -1.89. The van der Waals surface area contributed by atoms with Crippen LogP contribution in [-0.2, 0) is 6.18 Å². The number of hydrogen-bond acceptors (Lipinski definition) is 6. The standard InChI is InChI=1S/C23H24F3N3O2S/c1-2-3-4-10-30-20-8-6-16(13-17(20)23(24,25)26)28-22-29-19(14-32-22)15-5-7-21-18(12-15)27-9-11-31-21/h5-8,12-14,27H,2-4,9-11H2,1H3,(H,28,29). The highest BCUT2D eigenvalue weighted by atomic mass is 32.1. The molecule has 0 saturated carbocycles. The van der Waals surface area contributed by atoms with Gasteiger partial charge >= 0.3 is 6.18 Å². The highest BCUT2D eigenvalue weighted by Crippen LogP contribution is 2.39. The zero-order valence-electron chi connectivity index (χ0n) is 17.6. The second-order valence-electron chi connectivity index (χ2n) is 7.41. The van der Waals surface area contributed by atoms with Crippen LogP contribution in [0.4, 0.5) is 29.7 Å². The minimum Gasteiger partial charge on any atom is -0.493 e. The summed E-state index contributed by atoms with van der Waals surface area (Å²) in [6, 6.07) is 9.76. The summed E-state index contributed by atoms with van der Waals surface area (Å²) >= 11 is 1.33. The van der Waals surface area contributed by atoms with E-state index in [2.05, 4.69) is 15.6 Å². The first-order chi connectivity index (χ1) is 15.4. The molecular formula is C23H24F3N3O2S. The average molecular weight is 464 g/mol. The summed E-state index contributed by atoms with van der Waals surface area (Å²) in [6.45, 7) is 3.66. The lowest BCUT2D eigenvalue weighted by Gasteiger charge is -2.19. The predicted octanol–water partition coefficient (Wildman–Crippen LogP) is 6.95. The molecule has 0 amide bonds. The van der Waals surface area contributed by atoms with Crippen LogP contribution in [0.2, 0.25) is 0 Å². The van der Waals surface area contributed by atoms with Gasteiger partial charge in [-0.1, -0.05) is 19.8 Å². The van der Waals surface area contributed by atoms with Crippen LogP contribution >= 0.6 is 11.3 Å². The maximum atomic E-state index is 13.6. The van der Waals surface area contributed by atoms with E-state index in [1.165, 1.54) is 17.4 Å². The number of alkyl halides is 3. The summed E-state index contributed by atoms with van der Waals surface area (Å²) in [5.74, 6) is 0.646. The van der Waals surface area contributed by atoms with Crippen LogP contribution < -0.4 is 20.1 Å². The maximum absolute atomic E-state index is 13.6. The van der Waals surface area contributed by atoms with Gasteiger partial charge in [0, 0.05) is 23.2 Å². The molecule has 0 bridgehead atoms. The summed E-state index contributed by atoms with van der Waals surface area (Å²) in [7, 11) is 0. The first-order valence-electron chi connectivity index (χ1n) is 10.5. The summed E-state index contributed by atoms with van der Waals surface area (Å²) < 4.78 is 51.7. The van der Waals surface area contributed by atoms with Crippen molar-refractivity contribution in [2.24, 2.45) is 0 Å². The van der Waals surface area contributed by atoms with E-state index in [1.54, 1.807) is 6.07 Å². The highest BCUT2D eigenvalue weighted by Gasteiger charge is 2.34. The van der Waals surface area contributed by atoms with Crippen LogP contribution in [0.25, 0.3) is 11.3 Å². The van der Waals surface area contributed by atoms with Crippen LogP contribution in [0, 0.1) is 0 Å². The molecule has 1 aliphatic rings. The zero-order valence-corrected chi connectivity index (χ0v) is 18.4. The Morgan fingerprint density at radius 1 is 1.19 bits per heavy atom. The molecule has 1 aliphatic heterocycles. The van der Waals surface area contributed by atoms with Crippen molar-refractivity contribution in [3.8, 4) is 22.8 Å². The average Bonchev–Trinajstić information content (AvgIpc) is 3.25. The molecule has 1 aromatic heterocycles. The Labute approximate surface area is 188 Å². The Morgan fingerprint density at radius 2 is 2.06 bits per heavy atom. The minimum absolute atomic E-state index is 0.150. The summed E-state index contributed by atoms with van der Waals surface area (Å²) in [5.41, 5.74) is 2.05. The number of rotatable bonds is 8. The fourth-order valence-electron chi connectivity index (χ4n) is 3.38. The van der Waals surface area contributed by atoms with E-state index in [0.29, 0.717) is 17.4 Å². The Kier molecular flexibility index (Phi) is 6.74. The molecule has 2 aromatic carbocycles. The number of nitrogens with one attached hydrogen (secondary N) is 2. The second kappa shape index (κ2) is 9.68. The lowest BCUT2D eigenvalue weighted by atomic mass is 10.1. The number of halogens is 3. The molecule has 0 spiro atoms. The van der Waals surface area contributed by atoms with E-state index in [4.69, 9.17) is 9.47 Å². The number of benzene rings is 2. The number of nitrogens with zero attached hydrogens (tertiary/aromatic N) is 1. The third-order valence-corrected chi connectivity index (χ3v) is 5.75. The van der Waals surface area contributed by atoms with Crippen molar-refractivity contribution in [3.63, 3.8) is 0 Å². The topological polar surface area (TPSA) is 55.4 Å². The van der Waals surface area contributed by atoms with E-state index >= 15 is 0 Å². The number of anilines is 3. The monoisotopic (exact) mass is 463 g/mol. The van der Waals surface area contributed by atoms with Gasteiger partial charge in [0.2, 0.25) is 0 Å². The Hall–Kier alpha value is -2.94. The van der Waals surface area contributed by atoms with E-state index in [1.807, 2.05) is 30.5 Å². The molecule has 170 valence electrons. The Morgan fingerprint density at radius 3 is 2.88 bits per heavy atom. The van der Waals surface area contributed by atoms with Crippen LogP contribution in [0.1, 0.15) is 31.7 Å². The van der Waals surface area contributed by atoms with Gasteiger partial charge in [-0.15, -0.1) is 11.3 Å². The molecular weight excluding hydrogens is 439 g/mol. The van der Waals surface area contributed by atoms with Crippen LogP contribution in [-0.4, -0.2) is 24.7 Å². The van der Waals surface area contributed by atoms with E-state index < -0.39 is 11.7 Å². The number of fused-ring (bicyclic) bond motifs is 1. The summed E-state index contributed by atoms with van der Waals surface area (Å²) in [5, 5.41) is 8.64. The lowest BCUT2D eigenvalue weighted by molar-refractivity contribution is -0.138. The molecule has 9 heteroatoms. The number of unbranched alkanes of at least 4 members (excludes halogenated alkanes) is 2. The van der Waals surface area contributed by atoms with Crippen molar-refractivity contribution < 1.29 is 22.6 Å². The Balaban J connectivity index is 1.50. The highest BCUT2D eigenvalue weighted by molar-refractivity contribution is 7.14. The third-order valence-electron chi connectivity index (χ3n) is 5.00. The van der Waals surface area contributed by atoms with Gasteiger partial charge in [0.25, 0.3) is 0 Å².